The summed E-state index contributed by atoms with van der Waals surface area (Å²) in [5, 5.41) is 5.37. The number of ether oxygens (including phenoxy) is 1. The lowest BCUT2D eigenvalue weighted by Gasteiger charge is -2.24. The summed E-state index contributed by atoms with van der Waals surface area (Å²) >= 11 is 0. The summed E-state index contributed by atoms with van der Waals surface area (Å²) in [6.45, 7) is 4.69. The molecule has 9 nitrogen and oxygen atoms in total. The van der Waals surface area contributed by atoms with E-state index in [0.29, 0.717) is 0 Å². The van der Waals surface area contributed by atoms with Crippen molar-refractivity contribution in [3.05, 3.63) is 11.8 Å². The Balaban J connectivity index is 3.07. The molecule has 0 saturated carbocycles. The SMILES string of the molecule is CCOC(=O)c1cn[nH]c1S(=O)(=O)NC(C)(C)CC(N)=O. The third-order valence-electron chi connectivity index (χ3n) is 2.40. The molecule has 118 valence electrons. The van der Waals surface area contributed by atoms with Crippen LogP contribution in [0.4, 0.5) is 0 Å². The first kappa shape index (κ1) is 17.1. The standard InChI is InChI=1S/C11H18N4O5S/c1-4-20-10(17)7-6-13-14-9(7)21(18,19)15-11(2,3)5-8(12)16/h6,15H,4-5H2,1-3H3,(H2,12,16)(H,13,14). The average molecular weight is 318 g/mol. The van der Waals surface area contributed by atoms with Crippen LogP contribution in [0.2, 0.25) is 0 Å². The number of aromatic nitrogens is 2. The Bertz CT molecular complexity index is 635. The van der Waals surface area contributed by atoms with Crippen LogP contribution < -0.4 is 10.5 Å². The van der Waals surface area contributed by atoms with Crippen LogP contribution in [0.25, 0.3) is 0 Å². The lowest BCUT2D eigenvalue weighted by molar-refractivity contribution is -0.119. The highest BCUT2D eigenvalue weighted by Gasteiger charge is 2.32. The van der Waals surface area contributed by atoms with Crippen LogP contribution in [0.5, 0.6) is 0 Å². The molecule has 4 N–H and O–H groups in total. The number of rotatable bonds is 7. The molecule has 0 unspecified atom stereocenters. The summed E-state index contributed by atoms with van der Waals surface area (Å²) in [5.41, 5.74) is 3.75. The molecule has 1 aromatic rings. The number of carbonyl (C=O) groups excluding carboxylic acids is 2. The van der Waals surface area contributed by atoms with E-state index in [1.54, 1.807) is 6.92 Å². The maximum absolute atomic E-state index is 12.3. The minimum absolute atomic E-state index is 0.101. The van der Waals surface area contributed by atoms with Crippen molar-refractivity contribution in [2.24, 2.45) is 5.73 Å². The van der Waals surface area contributed by atoms with Gasteiger partial charge >= 0.3 is 5.97 Å². The van der Waals surface area contributed by atoms with E-state index < -0.39 is 32.5 Å². The third-order valence-corrected chi connectivity index (χ3v) is 4.07. The molecule has 0 radical (unpaired) electrons. The fourth-order valence-electron chi connectivity index (χ4n) is 1.72. The Morgan fingerprint density at radius 1 is 1.48 bits per heavy atom. The molecule has 0 fully saturated rings. The molecule has 0 bridgehead atoms. The largest absolute Gasteiger partial charge is 0.462 e. The number of carbonyl (C=O) groups is 2. The van der Waals surface area contributed by atoms with E-state index in [9.17, 15) is 18.0 Å². The monoisotopic (exact) mass is 318 g/mol. The predicted molar refractivity (Wildman–Crippen MR) is 72.8 cm³/mol. The second-order valence-electron chi connectivity index (χ2n) is 4.97. The fraction of sp³-hybridized carbons (Fsp3) is 0.545. The molecule has 0 aliphatic rings. The molecular weight excluding hydrogens is 300 g/mol. The Morgan fingerprint density at radius 3 is 2.62 bits per heavy atom. The number of hydrogen-bond donors (Lipinski definition) is 3. The molecular formula is C11H18N4O5S. The number of H-pyrrole nitrogens is 1. The van der Waals surface area contributed by atoms with Gasteiger partial charge in [0.05, 0.1) is 12.8 Å². The van der Waals surface area contributed by atoms with Crippen molar-refractivity contribution >= 4 is 21.9 Å². The van der Waals surface area contributed by atoms with Crippen molar-refractivity contribution < 1.29 is 22.7 Å². The summed E-state index contributed by atoms with van der Waals surface area (Å²) in [6.07, 6.45) is 0.864. The van der Waals surface area contributed by atoms with E-state index in [1.165, 1.54) is 13.8 Å². The van der Waals surface area contributed by atoms with Gasteiger partial charge in [0.25, 0.3) is 10.0 Å². The first-order chi connectivity index (χ1) is 9.59. The van der Waals surface area contributed by atoms with Crippen molar-refractivity contribution in [3.63, 3.8) is 0 Å². The highest BCUT2D eigenvalue weighted by atomic mass is 32.2. The van der Waals surface area contributed by atoms with Crippen molar-refractivity contribution in [1.29, 1.82) is 0 Å². The first-order valence-electron chi connectivity index (χ1n) is 6.12. The number of amides is 1. The number of sulfonamides is 1. The second-order valence-corrected chi connectivity index (χ2v) is 6.58. The normalized spacial score (nSPS) is 12.1. The Labute approximate surface area is 122 Å². The Morgan fingerprint density at radius 2 is 2.10 bits per heavy atom. The van der Waals surface area contributed by atoms with Crippen LogP contribution in [0.3, 0.4) is 0 Å². The maximum atomic E-state index is 12.3. The van der Waals surface area contributed by atoms with Gasteiger partial charge in [-0.05, 0) is 20.8 Å². The molecule has 1 aromatic heterocycles. The number of nitrogens with one attached hydrogen (secondary N) is 2. The summed E-state index contributed by atoms with van der Waals surface area (Å²) in [6, 6.07) is 0. The fourth-order valence-corrected chi connectivity index (χ4v) is 3.22. The van der Waals surface area contributed by atoms with Gasteiger partial charge in [-0.15, -0.1) is 0 Å². The highest BCUT2D eigenvalue weighted by Crippen LogP contribution is 2.17. The molecule has 0 atom stereocenters. The average Bonchev–Trinajstić information content (AvgIpc) is 2.74. The van der Waals surface area contributed by atoms with E-state index in [1.807, 2.05) is 0 Å². The minimum atomic E-state index is -4.09. The van der Waals surface area contributed by atoms with Crippen LogP contribution in [0.1, 0.15) is 37.6 Å². The van der Waals surface area contributed by atoms with E-state index >= 15 is 0 Å². The molecule has 21 heavy (non-hydrogen) atoms. The first-order valence-corrected chi connectivity index (χ1v) is 7.60. The van der Waals surface area contributed by atoms with Crippen LogP contribution in [-0.2, 0) is 19.6 Å². The topological polar surface area (TPSA) is 144 Å². The molecule has 0 saturated heterocycles. The van der Waals surface area contributed by atoms with Gasteiger partial charge in [0.15, 0.2) is 5.03 Å². The van der Waals surface area contributed by atoms with Gasteiger partial charge in [0, 0.05) is 12.0 Å². The second kappa shape index (κ2) is 6.22. The van der Waals surface area contributed by atoms with Crippen molar-refractivity contribution in [2.75, 3.05) is 6.61 Å². The summed E-state index contributed by atoms with van der Waals surface area (Å²) in [7, 11) is -4.09. The van der Waals surface area contributed by atoms with Crippen molar-refractivity contribution in [1.82, 2.24) is 14.9 Å². The quantitative estimate of drug-likeness (QED) is 0.579. The molecule has 1 amide bonds. The predicted octanol–water partition coefficient (Wildman–Crippen LogP) is -0.481. The zero-order chi connectivity index (χ0) is 16.3. The molecule has 0 aliphatic carbocycles. The van der Waals surface area contributed by atoms with Crippen LogP contribution in [0, 0.1) is 0 Å². The van der Waals surface area contributed by atoms with Gasteiger partial charge < -0.3 is 10.5 Å². The van der Waals surface area contributed by atoms with E-state index in [2.05, 4.69) is 14.9 Å². The third kappa shape index (κ3) is 4.53. The van der Waals surface area contributed by atoms with Crippen LogP contribution in [-0.4, -0.2) is 42.6 Å². The molecule has 10 heteroatoms. The van der Waals surface area contributed by atoms with Crippen LogP contribution >= 0.6 is 0 Å². The van der Waals surface area contributed by atoms with Crippen molar-refractivity contribution in [2.45, 2.75) is 37.8 Å². The molecule has 0 spiro atoms. The summed E-state index contributed by atoms with van der Waals surface area (Å²) < 4.78 is 31.6. The molecule has 0 aliphatic heterocycles. The van der Waals surface area contributed by atoms with Gasteiger partial charge in [-0.2, -0.15) is 5.10 Å². The summed E-state index contributed by atoms with van der Waals surface area (Å²) in [5.74, 6) is -1.46. The number of hydrogen-bond acceptors (Lipinski definition) is 6. The maximum Gasteiger partial charge on any atom is 0.342 e. The number of nitrogens with two attached hydrogens (primary N) is 1. The highest BCUT2D eigenvalue weighted by molar-refractivity contribution is 7.89. The van der Waals surface area contributed by atoms with E-state index in [-0.39, 0.29) is 18.6 Å². The number of nitrogens with zero attached hydrogens (tertiary/aromatic N) is 1. The molecule has 0 aromatic carbocycles. The zero-order valence-electron chi connectivity index (χ0n) is 12.0. The Hall–Kier alpha value is -1.94. The molecule has 1 rings (SSSR count). The van der Waals surface area contributed by atoms with Crippen LogP contribution in [0.15, 0.2) is 11.2 Å². The smallest absolute Gasteiger partial charge is 0.342 e. The van der Waals surface area contributed by atoms with E-state index in [0.717, 1.165) is 6.20 Å². The zero-order valence-corrected chi connectivity index (χ0v) is 12.8. The summed E-state index contributed by atoms with van der Waals surface area (Å²) in [4.78, 5) is 22.6. The van der Waals surface area contributed by atoms with Gasteiger partial charge in [0.1, 0.15) is 5.56 Å². The van der Waals surface area contributed by atoms with Gasteiger partial charge in [0.2, 0.25) is 5.91 Å². The lowest BCUT2D eigenvalue weighted by atomic mass is 10.0. The number of aromatic amines is 1. The van der Waals surface area contributed by atoms with Crippen molar-refractivity contribution in [3.8, 4) is 0 Å². The van der Waals surface area contributed by atoms with E-state index in [4.69, 9.17) is 10.5 Å². The van der Waals surface area contributed by atoms with Gasteiger partial charge in [-0.1, -0.05) is 0 Å². The minimum Gasteiger partial charge on any atom is -0.462 e. The number of esters is 1. The van der Waals surface area contributed by atoms with Gasteiger partial charge in [-0.25, -0.2) is 17.9 Å². The lowest BCUT2D eigenvalue weighted by Crippen LogP contribution is -2.46. The van der Waals surface area contributed by atoms with Gasteiger partial charge in [-0.3, -0.25) is 9.89 Å². The molecule has 1 heterocycles. The Kier molecular flexibility index (Phi) is 5.07. The number of primary amides is 1.